The van der Waals surface area contributed by atoms with E-state index in [9.17, 15) is 4.39 Å². The summed E-state index contributed by atoms with van der Waals surface area (Å²) in [6.07, 6.45) is 0. The molecule has 90 valence electrons. The highest BCUT2D eigenvalue weighted by atomic mass is 35.5. The van der Waals surface area contributed by atoms with E-state index in [1.54, 1.807) is 24.3 Å². The van der Waals surface area contributed by atoms with Crippen molar-refractivity contribution in [3.63, 3.8) is 0 Å². The number of anilines is 2. The number of nitrogens with zero attached hydrogens (tertiary/aromatic N) is 1. The van der Waals surface area contributed by atoms with Crippen molar-refractivity contribution in [3.05, 3.63) is 58.4 Å². The maximum absolute atomic E-state index is 13.2. The number of nitriles is 1. The smallest absolute Gasteiger partial charge is 0.125 e. The number of aryl methyl sites for hydroxylation is 1. The predicted molar refractivity (Wildman–Crippen MR) is 70.6 cm³/mol. The van der Waals surface area contributed by atoms with Gasteiger partial charge >= 0.3 is 0 Å². The topological polar surface area (TPSA) is 35.8 Å². The first-order valence-corrected chi connectivity index (χ1v) is 5.71. The Kier molecular flexibility index (Phi) is 3.50. The van der Waals surface area contributed by atoms with Crippen LogP contribution in [0.5, 0.6) is 0 Å². The van der Waals surface area contributed by atoms with Gasteiger partial charge in [-0.05, 0) is 42.8 Å². The second-order valence-electron chi connectivity index (χ2n) is 3.89. The fraction of sp³-hybridized carbons (Fsp3) is 0.0714. The first-order valence-electron chi connectivity index (χ1n) is 5.33. The largest absolute Gasteiger partial charge is 0.354 e. The van der Waals surface area contributed by atoms with Crippen LogP contribution in [0, 0.1) is 24.1 Å². The summed E-state index contributed by atoms with van der Waals surface area (Å²) in [6, 6.07) is 11.4. The molecule has 2 aromatic rings. The number of hydrogen-bond acceptors (Lipinski definition) is 2. The average molecular weight is 261 g/mol. The zero-order valence-electron chi connectivity index (χ0n) is 9.67. The van der Waals surface area contributed by atoms with Crippen molar-refractivity contribution in [1.29, 1.82) is 5.26 Å². The van der Waals surface area contributed by atoms with E-state index in [0.717, 1.165) is 5.56 Å². The molecule has 0 aliphatic rings. The van der Waals surface area contributed by atoms with Crippen LogP contribution in [0.1, 0.15) is 11.1 Å². The Hall–Kier alpha value is -2.05. The number of halogens is 2. The van der Waals surface area contributed by atoms with E-state index >= 15 is 0 Å². The van der Waals surface area contributed by atoms with E-state index in [-0.39, 0.29) is 5.82 Å². The van der Waals surface area contributed by atoms with Crippen molar-refractivity contribution in [1.82, 2.24) is 0 Å². The lowest BCUT2D eigenvalue weighted by molar-refractivity contribution is 0.628. The van der Waals surface area contributed by atoms with Crippen LogP contribution in [0.4, 0.5) is 15.8 Å². The van der Waals surface area contributed by atoms with Gasteiger partial charge in [-0.2, -0.15) is 5.26 Å². The molecule has 0 spiro atoms. The van der Waals surface area contributed by atoms with Crippen molar-refractivity contribution in [2.45, 2.75) is 6.92 Å². The van der Waals surface area contributed by atoms with Gasteiger partial charge in [0.05, 0.1) is 22.3 Å². The molecule has 1 N–H and O–H groups in total. The van der Waals surface area contributed by atoms with E-state index < -0.39 is 0 Å². The highest BCUT2D eigenvalue weighted by Crippen LogP contribution is 2.28. The molecular weight excluding hydrogens is 251 g/mol. The van der Waals surface area contributed by atoms with Gasteiger partial charge in [0.15, 0.2) is 0 Å². The third kappa shape index (κ3) is 2.61. The Bertz CT molecular complexity index is 632. The van der Waals surface area contributed by atoms with Crippen LogP contribution in [-0.4, -0.2) is 0 Å². The molecule has 0 saturated heterocycles. The van der Waals surface area contributed by atoms with Gasteiger partial charge in [0.2, 0.25) is 0 Å². The number of rotatable bonds is 2. The quantitative estimate of drug-likeness (QED) is 0.869. The molecule has 0 radical (unpaired) electrons. The van der Waals surface area contributed by atoms with Crippen LogP contribution in [0.3, 0.4) is 0 Å². The fourth-order valence-corrected chi connectivity index (χ4v) is 1.79. The summed E-state index contributed by atoms with van der Waals surface area (Å²) in [5.74, 6) is -0.312. The zero-order valence-corrected chi connectivity index (χ0v) is 10.4. The third-order valence-electron chi connectivity index (χ3n) is 2.57. The summed E-state index contributed by atoms with van der Waals surface area (Å²) in [5.41, 5.74) is 2.70. The lowest BCUT2D eigenvalue weighted by Crippen LogP contribution is -1.95. The van der Waals surface area contributed by atoms with Crippen molar-refractivity contribution in [2.24, 2.45) is 0 Å². The number of hydrogen-bond donors (Lipinski definition) is 1. The molecule has 2 nitrogen and oxygen atoms in total. The average Bonchev–Trinajstić information content (AvgIpc) is 2.36. The summed E-state index contributed by atoms with van der Waals surface area (Å²) in [5, 5.41) is 12.2. The Labute approximate surface area is 110 Å². The Morgan fingerprint density at radius 1 is 1.17 bits per heavy atom. The molecule has 0 aliphatic carbocycles. The molecule has 0 saturated carbocycles. The minimum atomic E-state index is -0.312. The van der Waals surface area contributed by atoms with Gasteiger partial charge in [0, 0.05) is 5.69 Å². The first-order chi connectivity index (χ1) is 8.60. The maximum atomic E-state index is 13.2. The summed E-state index contributed by atoms with van der Waals surface area (Å²) < 4.78 is 13.2. The summed E-state index contributed by atoms with van der Waals surface area (Å²) in [4.78, 5) is 0. The monoisotopic (exact) mass is 260 g/mol. The van der Waals surface area contributed by atoms with E-state index in [1.165, 1.54) is 12.1 Å². The van der Waals surface area contributed by atoms with Crippen LogP contribution in [0.25, 0.3) is 0 Å². The van der Waals surface area contributed by atoms with Crippen LogP contribution in [0.2, 0.25) is 5.02 Å². The molecule has 0 unspecified atom stereocenters. The zero-order chi connectivity index (χ0) is 13.1. The normalized spacial score (nSPS) is 9.89. The molecule has 0 amide bonds. The van der Waals surface area contributed by atoms with Gasteiger partial charge in [-0.15, -0.1) is 0 Å². The van der Waals surface area contributed by atoms with Crippen LogP contribution >= 0.6 is 11.6 Å². The Morgan fingerprint density at radius 2 is 1.94 bits per heavy atom. The standard InChI is InChI=1S/C14H10ClFN2/c1-9-2-4-11(16)7-14(9)18-13-5-3-10(8-17)6-12(13)15/h2-7,18H,1H3. The van der Waals surface area contributed by atoms with E-state index in [1.807, 2.05) is 13.0 Å². The highest BCUT2D eigenvalue weighted by molar-refractivity contribution is 6.33. The lowest BCUT2D eigenvalue weighted by atomic mass is 10.1. The van der Waals surface area contributed by atoms with Gasteiger partial charge < -0.3 is 5.32 Å². The van der Waals surface area contributed by atoms with Gasteiger partial charge in [-0.3, -0.25) is 0 Å². The van der Waals surface area contributed by atoms with Crippen LogP contribution < -0.4 is 5.32 Å². The van der Waals surface area contributed by atoms with Crippen LogP contribution in [0.15, 0.2) is 36.4 Å². The fourth-order valence-electron chi connectivity index (χ4n) is 1.56. The van der Waals surface area contributed by atoms with Crippen molar-refractivity contribution >= 4 is 23.0 Å². The molecule has 2 aromatic carbocycles. The van der Waals surface area contributed by atoms with Crippen molar-refractivity contribution < 1.29 is 4.39 Å². The lowest BCUT2D eigenvalue weighted by Gasteiger charge is -2.11. The molecule has 0 aliphatic heterocycles. The molecule has 0 bridgehead atoms. The number of nitrogens with one attached hydrogen (secondary N) is 1. The summed E-state index contributed by atoms with van der Waals surface area (Å²) >= 11 is 6.04. The van der Waals surface area contributed by atoms with Crippen molar-refractivity contribution in [2.75, 3.05) is 5.32 Å². The van der Waals surface area contributed by atoms with Gasteiger partial charge in [0.1, 0.15) is 5.82 Å². The minimum Gasteiger partial charge on any atom is -0.354 e. The summed E-state index contributed by atoms with van der Waals surface area (Å²) in [7, 11) is 0. The second-order valence-corrected chi connectivity index (χ2v) is 4.30. The second kappa shape index (κ2) is 5.07. The van der Waals surface area contributed by atoms with Crippen molar-refractivity contribution in [3.8, 4) is 6.07 Å². The predicted octanol–water partition coefficient (Wildman–Crippen LogP) is 4.40. The molecule has 0 aromatic heterocycles. The Morgan fingerprint density at radius 3 is 2.61 bits per heavy atom. The van der Waals surface area contributed by atoms with Gasteiger partial charge in [-0.25, -0.2) is 4.39 Å². The first kappa shape index (κ1) is 12.4. The van der Waals surface area contributed by atoms with E-state index in [0.29, 0.717) is 22.0 Å². The molecule has 18 heavy (non-hydrogen) atoms. The van der Waals surface area contributed by atoms with Crippen LogP contribution in [-0.2, 0) is 0 Å². The molecule has 4 heteroatoms. The van der Waals surface area contributed by atoms with E-state index in [4.69, 9.17) is 16.9 Å². The van der Waals surface area contributed by atoms with Gasteiger partial charge in [-0.1, -0.05) is 17.7 Å². The maximum Gasteiger partial charge on any atom is 0.125 e. The highest BCUT2D eigenvalue weighted by Gasteiger charge is 2.05. The Balaban J connectivity index is 2.34. The third-order valence-corrected chi connectivity index (χ3v) is 2.88. The SMILES string of the molecule is Cc1ccc(F)cc1Nc1ccc(C#N)cc1Cl. The molecule has 0 fully saturated rings. The molecule has 2 rings (SSSR count). The van der Waals surface area contributed by atoms with Gasteiger partial charge in [0.25, 0.3) is 0 Å². The molecule has 0 heterocycles. The summed E-state index contributed by atoms with van der Waals surface area (Å²) in [6.45, 7) is 1.87. The molecule has 0 atom stereocenters. The molecular formula is C14H10ClFN2. The van der Waals surface area contributed by atoms with E-state index in [2.05, 4.69) is 5.32 Å². The number of benzene rings is 2. The minimum absolute atomic E-state index is 0.312.